The van der Waals surface area contributed by atoms with Gasteiger partial charge >= 0.3 is 0 Å². The van der Waals surface area contributed by atoms with Crippen molar-refractivity contribution in [2.75, 3.05) is 18.0 Å². The van der Waals surface area contributed by atoms with Gasteiger partial charge in [-0.3, -0.25) is 4.68 Å². The van der Waals surface area contributed by atoms with Gasteiger partial charge in [-0.05, 0) is 51.1 Å². The molecule has 4 heterocycles. The Hall–Kier alpha value is -3.26. The lowest BCUT2D eigenvalue weighted by Gasteiger charge is -2.26. The molecule has 2 atom stereocenters. The number of nitrogens with zero attached hydrogens (tertiary/aromatic N) is 5. The average molecular weight is 435 g/mol. The van der Waals surface area contributed by atoms with Crippen molar-refractivity contribution < 1.29 is 9.50 Å². The van der Waals surface area contributed by atoms with Gasteiger partial charge < -0.3 is 15.3 Å². The maximum atomic E-state index is 14.6. The van der Waals surface area contributed by atoms with Gasteiger partial charge in [-0.25, -0.2) is 14.4 Å². The molecule has 0 bridgehead atoms. The van der Waals surface area contributed by atoms with Crippen molar-refractivity contribution in [2.45, 2.75) is 38.5 Å². The number of phenols is 1. The van der Waals surface area contributed by atoms with Crippen LogP contribution < -0.4 is 10.2 Å². The summed E-state index contributed by atoms with van der Waals surface area (Å²) in [5.41, 5.74) is 3.35. The zero-order valence-electron chi connectivity index (χ0n) is 18.7. The Balaban J connectivity index is 1.44. The van der Waals surface area contributed by atoms with Gasteiger partial charge in [0.25, 0.3) is 0 Å². The number of benzene rings is 1. The van der Waals surface area contributed by atoms with Crippen LogP contribution in [0.5, 0.6) is 5.75 Å². The third-order valence-electron chi connectivity index (χ3n) is 5.73. The van der Waals surface area contributed by atoms with Gasteiger partial charge in [-0.1, -0.05) is 0 Å². The van der Waals surface area contributed by atoms with Gasteiger partial charge in [-0.2, -0.15) is 5.10 Å². The van der Waals surface area contributed by atoms with Gasteiger partial charge in [0.05, 0.1) is 34.8 Å². The number of pyridine rings is 2. The predicted molar refractivity (Wildman–Crippen MR) is 125 cm³/mol. The van der Waals surface area contributed by atoms with Crippen LogP contribution in [0.1, 0.15) is 20.8 Å². The Morgan fingerprint density at radius 3 is 2.56 bits per heavy atom. The number of hydrogen-bond acceptors (Lipinski definition) is 6. The van der Waals surface area contributed by atoms with Crippen LogP contribution in [0.2, 0.25) is 0 Å². The molecule has 5 rings (SSSR count). The van der Waals surface area contributed by atoms with Crippen LogP contribution in [0, 0.1) is 0 Å². The lowest BCUT2D eigenvalue weighted by Crippen LogP contribution is -2.48. The summed E-state index contributed by atoms with van der Waals surface area (Å²) >= 11 is 0. The van der Waals surface area contributed by atoms with Crippen LogP contribution in [0.15, 0.2) is 42.6 Å². The van der Waals surface area contributed by atoms with E-state index in [9.17, 15) is 9.50 Å². The molecule has 2 N–H and O–H groups in total. The normalized spacial score (nSPS) is 19.3. The first-order valence-corrected chi connectivity index (χ1v) is 10.8. The minimum absolute atomic E-state index is 0.135. The molecule has 0 radical (unpaired) electrons. The van der Waals surface area contributed by atoms with Crippen molar-refractivity contribution in [3.8, 4) is 17.0 Å². The molecule has 1 fully saturated rings. The van der Waals surface area contributed by atoms with Crippen LogP contribution in [-0.2, 0) is 7.05 Å². The number of hydrogen-bond donors (Lipinski definition) is 2. The van der Waals surface area contributed by atoms with Gasteiger partial charge in [-0.15, -0.1) is 0 Å². The number of aromatic nitrogens is 4. The summed E-state index contributed by atoms with van der Waals surface area (Å²) in [4.78, 5) is 11.4. The first-order valence-electron chi connectivity index (χ1n) is 10.8. The molecular weight excluding hydrogens is 407 g/mol. The van der Waals surface area contributed by atoms with E-state index in [1.807, 2.05) is 69.2 Å². The van der Waals surface area contributed by atoms with Crippen molar-refractivity contribution in [1.29, 1.82) is 0 Å². The fourth-order valence-electron chi connectivity index (χ4n) is 4.36. The summed E-state index contributed by atoms with van der Waals surface area (Å²) in [5.74, 6) is 0.878. The first kappa shape index (κ1) is 20.6. The molecular formula is C24H27FN6O. The standard InChI is InChI=1S/C24H27FN6O/c1-24(2,3)28-21-13-31(12-16(21)25)23-8-7-18-19(27-23)6-5-17(26-18)15-9-14-11-30(4)29-20(14)10-22(15)32/h5-11,16,21,28,32H,12-13H2,1-4H3/t16-,21+/m1/s1. The Morgan fingerprint density at radius 1 is 1.03 bits per heavy atom. The van der Waals surface area contributed by atoms with Crippen LogP contribution in [0.25, 0.3) is 33.2 Å². The van der Waals surface area contributed by atoms with E-state index in [0.29, 0.717) is 24.3 Å². The lowest BCUT2D eigenvalue weighted by molar-refractivity contribution is 0.257. The molecule has 8 heteroatoms. The molecule has 0 saturated carbocycles. The number of aryl methyl sites for hydroxylation is 1. The monoisotopic (exact) mass is 434 g/mol. The van der Waals surface area contributed by atoms with Gasteiger partial charge in [0.1, 0.15) is 17.7 Å². The molecule has 1 saturated heterocycles. The summed E-state index contributed by atoms with van der Waals surface area (Å²) in [6.07, 6.45) is 0.959. The number of anilines is 1. The van der Waals surface area contributed by atoms with E-state index in [-0.39, 0.29) is 17.3 Å². The Labute approximate surface area is 185 Å². The Kier molecular flexibility index (Phi) is 4.78. The fraction of sp³-hybridized carbons (Fsp3) is 0.375. The second-order valence-electron chi connectivity index (χ2n) is 9.56. The summed E-state index contributed by atoms with van der Waals surface area (Å²) in [5, 5.41) is 19.1. The first-order chi connectivity index (χ1) is 15.2. The number of aromatic hydroxyl groups is 1. The highest BCUT2D eigenvalue weighted by Crippen LogP contribution is 2.33. The minimum atomic E-state index is -0.947. The molecule has 1 aliphatic rings. The summed E-state index contributed by atoms with van der Waals surface area (Å²) in [7, 11) is 1.85. The quantitative estimate of drug-likeness (QED) is 0.511. The molecule has 166 valence electrons. The zero-order chi connectivity index (χ0) is 22.6. The Bertz CT molecular complexity index is 1310. The third kappa shape index (κ3) is 3.86. The number of fused-ring (bicyclic) bond motifs is 2. The van der Waals surface area contributed by atoms with Crippen molar-refractivity contribution in [3.05, 3.63) is 42.6 Å². The van der Waals surface area contributed by atoms with Crippen molar-refractivity contribution in [1.82, 2.24) is 25.1 Å². The second-order valence-corrected chi connectivity index (χ2v) is 9.56. The van der Waals surface area contributed by atoms with E-state index >= 15 is 0 Å². The molecule has 32 heavy (non-hydrogen) atoms. The van der Waals surface area contributed by atoms with Crippen LogP contribution in [0.3, 0.4) is 0 Å². The summed E-state index contributed by atoms with van der Waals surface area (Å²) in [6, 6.07) is 10.8. The second kappa shape index (κ2) is 7.41. The number of alkyl halides is 1. The SMILES string of the molecule is Cn1cc2cc(-c3ccc4nc(N5C[C@@H](F)[C@@H](NC(C)(C)C)C5)ccc4n3)c(O)cc2n1. The zero-order valence-corrected chi connectivity index (χ0v) is 18.7. The molecule has 7 nitrogen and oxygen atoms in total. The Morgan fingerprint density at radius 2 is 1.78 bits per heavy atom. The fourth-order valence-corrected chi connectivity index (χ4v) is 4.36. The molecule has 4 aromatic rings. The van der Waals surface area contributed by atoms with Crippen molar-refractivity contribution in [3.63, 3.8) is 0 Å². The van der Waals surface area contributed by atoms with Crippen molar-refractivity contribution >= 4 is 27.8 Å². The van der Waals surface area contributed by atoms with E-state index in [1.54, 1.807) is 10.7 Å². The van der Waals surface area contributed by atoms with E-state index < -0.39 is 6.17 Å². The molecule has 0 aliphatic carbocycles. The summed E-state index contributed by atoms with van der Waals surface area (Å²) < 4.78 is 16.3. The maximum Gasteiger partial charge on any atom is 0.134 e. The third-order valence-corrected chi connectivity index (χ3v) is 5.73. The molecule has 0 amide bonds. The molecule has 1 aromatic carbocycles. The smallest absolute Gasteiger partial charge is 0.134 e. The topological polar surface area (TPSA) is 79.1 Å². The number of nitrogens with one attached hydrogen (secondary N) is 1. The van der Waals surface area contributed by atoms with Crippen LogP contribution >= 0.6 is 0 Å². The molecule has 0 spiro atoms. The molecule has 1 aliphatic heterocycles. The van der Waals surface area contributed by atoms with E-state index in [4.69, 9.17) is 9.97 Å². The largest absolute Gasteiger partial charge is 0.507 e. The number of phenolic OH excluding ortho intramolecular Hbond substituents is 1. The molecule has 3 aromatic heterocycles. The number of rotatable bonds is 3. The van der Waals surface area contributed by atoms with Gasteiger partial charge in [0, 0.05) is 42.3 Å². The lowest BCUT2D eigenvalue weighted by atomic mass is 10.1. The van der Waals surface area contributed by atoms with Crippen LogP contribution in [0.4, 0.5) is 10.2 Å². The predicted octanol–water partition coefficient (Wildman–Crippen LogP) is 3.80. The van der Waals surface area contributed by atoms with Gasteiger partial charge in [0.2, 0.25) is 0 Å². The highest BCUT2D eigenvalue weighted by Gasteiger charge is 2.35. The van der Waals surface area contributed by atoms with Crippen molar-refractivity contribution in [2.24, 2.45) is 7.05 Å². The molecule has 0 unspecified atom stereocenters. The average Bonchev–Trinajstić information content (AvgIpc) is 3.26. The number of halogens is 1. The van der Waals surface area contributed by atoms with E-state index in [0.717, 1.165) is 27.8 Å². The minimum Gasteiger partial charge on any atom is -0.507 e. The van der Waals surface area contributed by atoms with Crippen LogP contribution in [-0.4, -0.2) is 55.7 Å². The highest BCUT2D eigenvalue weighted by atomic mass is 19.1. The maximum absolute atomic E-state index is 14.6. The summed E-state index contributed by atoms with van der Waals surface area (Å²) in [6.45, 7) is 7.02. The van der Waals surface area contributed by atoms with E-state index in [1.165, 1.54) is 0 Å². The van der Waals surface area contributed by atoms with Gasteiger partial charge in [0.15, 0.2) is 0 Å². The highest BCUT2D eigenvalue weighted by molar-refractivity contribution is 5.88. The van der Waals surface area contributed by atoms with E-state index in [2.05, 4.69) is 10.4 Å².